The van der Waals surface area contributed by atoms with Crippen LogP contribution in [0.4, 0.5) is 4.79 Å². The molecular formula is C16H24ClNO4. The zero-order chi connectivity index (χ0) is 16.9. The number of carbonyl (C=O) groups is 1. The first kappa shape index (κ1) is 18.7. The van der Waals surface area contributed by atoms with E-state index in [0.717, 1.165) is 11.1 Å². The van der Waals surface area contributed by atoms with E-state index in [-0.39, 0.29) is 13.1 Å². The molecule has 0 aliphatic rings. The van der Waals surface area contributed by atoms with Crippen LogP contribution in [0.25, 0.3) is 0 Å². The molecular weight excluding hydrogens is 306 g/mol. The third-order valence-electron chi connectivity index (χ3n) is 2.89. The minimum absolute atomic E-state index is 0.00686. The van der Waals surface area contributed by atoms with Crippen molar-refractivity contribution in [2.75, 3.05) is 13.2 Å². The Hall–Kier alpha value is -1.30. The molecule has 0 bridgehead atoms. The lowest BCUT2D eigenvalue weighted by molar-refractivity contribution is 0.00536. The number of carbonyl (C=O) groups excluding carboxylic acids is 1. The Labute approximate surface area is 136 Å². The second-order valence-corrected chi connectivity index (χ2v) is 6.69. The Balaban J connectivity index is 2.89. The highest BCUT2D eigenvalue weighted by molar-refractivity contribution is 6.31. The summed E-state index contributed by atoms with van der Waals surface area (Å²) in [5.74, 6) is 0. The van der Waals surface area contributed by atoms with Gasteiger partial charge in [-0.3, -0.25) is 0 Å². The quantitative estimate of drug-likeness (QED) is 0.871. The highest BCUT2D eigenvalue weighted by Crippen LogP contribution is 2.19. The van der Waals surface area contributed by atoms with Gasteiger partial charge in [-0.1, -0.05) is 23.7 Å². The molecule has 22 heavy (non-hydrogen) atoms. The van der Waals surface area contributed by atoms with Crippen molar-refractivity contribution in [1.82, 2.24) is 4.90 Å². The standard InChI is InChI=1S/C16H24ClNO4/c1-11-7-12(5-6-14(11)17)8-18(9-13(20)10-19)15(21)22-16(2,3)4/h5-7,13,19-20H,8-10H2,1-4H3. The Morgan fingerprint density at radius 2 is 2.05 bits per heavy atom. The number of ether oxygens (including phenoxy) is 1. The number of aryl methyl sites for hydroxylation is 1. The van der Waals surface area contributed by atoms with E-state index < -0.39 is 24.4 Å². The molecule has 0 radical (unpaired) electrons. The largest absolute Gasteiger partial charge is 0.444 e. The zero-order valence-electron chi connectivity index (χ0n) is 13.5. The summed E-state index contributed by atoms with van der Waals surface area (Å²) in [7, 11) is 0. The van der Waals surface area contributed by atoms with Crippen LogP contribution in [-0.2, 0) is 11.3 Å². The van der Waals surface area contributed by atoms with Gasteiger partial charge in [0.2, 0.25) is 0 Å². The van der Waals surface area contributed by atoms with Crippen LogP contribution in [0.15, 0.2) is 18.2 Å². The van der Waals surface area contributed by atoms with E-state index in [2.05, 4.69) is 0 Å². The molecule has 1 rings (SSSR count). The molecule has 124 valence electrons. The first-order valence-electron chi connectivity index (χ1n) is 7.14. The van der Waals surface area contributed by atoms with E-state index in [9.17, 15) is 9.90 Å². The molecule has 1 atom stereocenters. The van der Waals surface area contributed by atoms with Crippen LogP contribution in [0.5, 0.6) is 0 Å². The minimum Gasteiger partial charge on any atom is -0.444 e. The minimum atomic E-state index is -1.01. The molecule has 1 aromatic carbocycles. The van der Waals surface area contributed by atoms with E-state index in [4.69, 9.17) is 21.4 Å². The molecule has 0 aliphatic carbocycles. The van der Waals surface area contributed by atoms with Gasteiger partial charge in [-0.25, -0.2) is 4.79 Å². The van der Waals surface area contributed by atoms with Gasteiger partial charge >= 0.3 is 6.09 Å². The van der Waals surface area contributed by atoms with Gasteiger partial charge in [-0.05, 0) is 44.9 Å². The first-order chi connectivity index (χ1) is 10.1. The summed E-state index contributed by atoms with van der Waals surface area (Å²) in [5, 5.41) is 19.3. The predicted octanol–water partition coefficient (Wildman–Crippen LogP) is 2.74. The van der Waals surface area contributed by atoms with Crippen molar-refractivity contribution in [2.45, 2.75) is 45.9 Å². The van der Waals surface area contributed by atoms with Crippen molar-refractivity contribution in [2.24, 2.45) is 0 Å². The third kappa shape index (κ3) is 6.22. The molecule has 1 aromatic rings. The molecule has 0 fully saturated rings. The second-order valence-electron chi connectivity index (χ2n) is 6.28. The van der Waals surface area contributed by atoms with E-state index in [0.29, 0.717) is 5.02 Å². The van der Waals surface area contributed by atoms with Crippen molar-refractivity contribution in [3.8, 4) is 0 Å². The first-order valence-corrected chi connectivity index (χ1v) is 7.52. The molecule has 1 amide bonds. The smallest absolute Gasteiger partial charge is 0.410 e. The molecule has 0 aliphatic heterocycles. The molecule has 5 nitrogen and oxygen atoms in total. The maximum absolute atomic E-state index is 12.3. The van der Waals surface area contributed by atoms with Crippen LogP contribution < -0.4 is 0 Å². The topological polar surface area (TPSA) is 70.0 Å². The Bertz CT molecular complexity index is 513. The summed E-state index contributed by atoms with van der Waals surface area (Å²) in [6, 6.07) is 5.46. The lowest BCUT2D eigenvalue weighted by atomic mass is 10.1. The number of nitrogens with zero attached hydrogens (tertiary/aromatic N) is 1. The summed E-state index contributed by atoms with van der Waals surface area (Å²) in [6.45, 7) is 7.05. The summed E-state index contributed by atoms with van der Waals surface area (Å²) in [5.41, 5.74) is 1.15. The predicted molar refractivity (Wildman–Crippen MR) is 85.9 cm³/mol. The van der Waals surface area contributed by atoms with Gasteiger partial charge in [0.15, 0.2) is 0 Å². The van der Waals surface area contributed by atoms with E-state index in [1.165, 1.54) is 4.90 Å². The molecule has 6 heteroatoms. The molecule has 0 heterocycles. The maximum atomic E-state index is 12.3. The van der Waals surface area contributed by atoms with Crippen LogP contribution in [0.2, 0.25) is 5.02 Å². The van der Waals surface area contributed by atoms with Crippen molar-refractivity contribution in [1.29, 1.82) is 0 Å². The SMILES string of the molecule is Cc1cc(CN(CC(O)CO)C(=O)OC(C)(C)C)ccc1Cl. The Kier molecular flexibility index (Phi) is 6.66. The highest BCUT2D eigenvalue weighted by atomic mass is 35.5. The number of rotatable bonds is 5. The van der Waals surface area contributed by atoms with E-state index in [1.807, 2.05) is 19.1 Å². The number of aliphatic hydroxyl groups excluding tert-OH is 2. The summed E-state index contributed by atoms with van der Waals surface area (Å²) < 4.78 is 5.34. The van der Waals surface area contributed by atoms with Gasteiger partial charge in [-0.15, -0.1) is 0 Å². The number of benzene rings is 1. The fourth-order valence-corrected chi connectivity index (χ4v) is 1.99. The molecule has 0 saturated carbocycles. The van der Waals surface area contributed by atoms with Gasteiger partial charge in [0.1, 0.15) is 5.60 Å². The monoisotopic (exact) mass is 329 g/mol. The average Bonchev–Trinajstić information content (AvgIpc) is 2.40. The molecule has 1 unspecified atom stereocenters. The fourth-order valence-electron chi connectivity index (χ4n) is 1.87. The molecule has 0 aromatic heterocycles. The van der Waals surface area contributed by atoms with Crippen LogP contribution in [-0.4, -0.2) is 46.1 Å². The average molecular weight is 330 g/mol. The lowest BCUT2D eigenvalue weighted by Crippen LogP contribution is -2.41. The maximum Gasteiger partial charge on any atom is 0.410 e. The normalized spacial score (nSPS) is 12.9. The van der Waals surface area contributed by atoms with Crippen molar-refractivity contribution < 1.29 is 19.7 Å². The number of hydrogen-bond donors (Lipinski definition) is 2. The Morgan fingerprint density at radius 3 is 2.55 bits per heavy atom. The third-order valence-corrected chi connectivity index (χ3v) is 3.31. The van der Waals surface area contributed by atoms with Crippen molar-refractivity contribution in [3.05, 3.63) is 34.3 Å². The molecule has 0 saturated heterocycles. The zero-order valence-corrected chi connectivity index (χ0v) is 14.2. The summed E-state index contributed by atoms with van der Waals surface area (Å²) in [4.78, 5) is 13.6. The highest BCUT2D eigenvalue weighted by Gasteiger charge is 2.24. The van der Waals surface area contributed by atoms with E-state index >= 15 is 0 Å². The van der Waals surface area contributed by atoms with Crippen LogP contribution in [0.1, 0.15) is 31.9 Å². The van der Waals surface area contributed by atoms with Gasteiger partial charge in [0, 0.05) is 11.6 Å². The Morgan fingerprint density at radius 1 is 1.41 bits per heavy atom. The van der Waals surface area contributed by atoms with Crippen molar-refractivity contribution in [3.63, 3.8) is 0 Å². The van der Waals surface area contributed by atoms with Gasteiger partial charge in [-0.2, -0.15) is 0 Å². The summed E-state index contributed by atoms with van der Waals surface area (Å²) >= 11 is 6.00. The van der Waals surface area contributed by atoms with Gasteiger partial charge < -0.3 is 19.8 Å². The molecule has 2 N–H and O–H groups in total. The number of halogens is 1. The van der Waals surface area contributed by atoms with Gasteiger partial charge in [0.05, 0.1) is 19.3 Å². The summed E-state index contributed by atoms with van der Waals surface area (Å²) in [6.07, 6.45) is -1.55. The fraction of sp³-hybridized carbons (Fsp3) is 0.562. The van der Waals surface area contributed by atoms with Crippen LogP contribution in [0, 0.1) is 6.92 Å². The number of aliphatic hydroxyl groups is 2. The molecule has 0 spiro atoms. The van der Waals surface area contributed by atoms with Gasteiger partial charge in [0.25, 0.3) is 0 Å². The number of amides is 1. The number of hydrogen-bond acceptors (Lipinski definition) is 4. The van der Waals surface area contributed by atoms with Crippen molar-refractivity contribution >= 4 is 17.7 Å². The van der Waals surface area contributed by atoms with Crippen LogP contribution in [0.3, 0.4) is 0 Å². The van der Waals surface area contributed by atoms with Crippen LogP contribution >= 0.6 is 11.6 Å². The second kappa shape index (κ2) is 7.81. The lowest BCUT2D eigenvalue weighted by Gasteiger charge is -2.28. The van der Waals surface area contributed by atoms with E-state index in [1.54, 1.807) is 26.8 Å².